The molecular weight excluding hydrogens is 256 g/mol. The highest BCUT2D eigenvalue weighted by Crippen LogP contribution is 2.29. The Morgan fingerprint density at radius 2 is 1.80 bits per heavy atom. The van der Waals surface area contributed by atoms with E-state index < -0.39 is 0 Å². The summed E-state index contributed by atoms with van der Waals surface area (Å²) in [6.45, 7) is 0.969. The van der Waals surface area contributed by atoms with Crippen LogP contribution >= 0.6 is 0 Å². The van der Waals surface area contributed by atoms with E-state index in [0.29, 0.717) is 13.2 Å². The van der Waals surface area contributed by atoms with Crippen molar-refractivity contribution in [1.29, 1.82) is 0 Å². The van der Waals surface area contributed by atoms with Crippen LogP contribution in [0.25, 0.3) is 0 Å². The number of ether oxygens (including phenoxy) is 2. The maximum Gasteiger partial charge on any atom is 0.126 e. The molecule has 0 unspecified atom stereocenters. The molecule has 0 saturated heterocycles. The monoisotopic (exact) mass is 272 g/mol. The van der Waals surface area contributed by atoms with Crippen molar-refractivity contribution in [3.63, 3.8) is 0 Å². The molecule has 20 heavy (non-hydrogen) atoms. The molecule has 4 nitrogen and oxygen atoms in total. The minimum Gasteiger partial charge on any atom is -0.508 e. The van der Waals surface area contributed by atoms with E-state index in [0.717, 1.165) is 23.3 Å². The van der Waals surface area contributed by atoms with E-state index in [4.69, 9.17) is 9.47 Å². The predicted molar refractivity (Wildman–Crippen MR) is 74.0 cm³/mol. The molecule has 0 radical (unpaired) electrons. The lowest BCUT2D eigenvalue weighted by molar-refractivity contribution is 0.000945. The van der Waals surface area contributed by atoms with E-state index in [1.54, 1.807) is 24.3 Å². The number of benzene rings is 2. The van der Waals surface area contributed by atoms with Gasteiger partial charge in [-0.05, 0) is 29.3 Å². The number of rotatable bonds is 3. The van der Waals surface area contributed by atoms with Gasteiger partial charge in [0.1, 0.15) is 23.9 Å². The van der Waals surface area contributed by atoms with Gasteiger partial charge in [-0.3, -0.25) is 0 Å². The van der Waals surface area contributed by atoms with Crippen LogP contribution in [0.4, 0.5) is 0 Å². The Hall–Kier alpha value is -2.20. The molecule has 0 saturated carbocycles. The number of phenolic OH excluding ortho intramolecular Hbond substituents is 2. The highest BCUT2D eigenvalue weighted by atomic mass is 16.5. The van der Waals surface area contributed by atoms with Crippen molar-refractivity contribution in [1.82, 2.24) is 0 Å². The lowest BCUT2D eigenvalue weighted by Crippen LogP contribution is -2.28. The SMILES string of the molecule is Oc1ccc(CO[C@H]2COc3cc(O)ccc3C2)cc1. The second-order valence-electron chi connectivity index (χ2n) is 4.91. The summed E-state index contributed by atoms with van der Waals surface area (Å²) in [5.74, 6) is 1.20. The van der Waals surface area contributed by atoms with Gasteiger partial charge in [-0.25, -0.2) is 0 Å². The quantitative estimate of drug-likeness (QED) is 0.901. The molecule has 104 valence electrons. The second-order valence-corrected chi connectivity index (χ2v) is 4.91. The molecule has 1 aliphatic rings. The minimum atomic E-state index is 0.000783. The molecule has 1 heterocycles. The molecule has 2 aromatic rings. The van der Waals surface area contributed by atoms with Crippen LogP contribution < -0.4 is 4.74 Å². The van der Waals surface area contributed by atoms with Crippen LogP contribution in [0, 0.1) is 0 Å². The van der Waals surface area contributed by atoms with Crippen molar-refractivity contribution in [2.24, 2.45) is 0 Å². The summed E-state index contributed by atoms with van der Waals surface area (Å²) in [6, 6.07) is 12.1. The first kappa shape index (κ1) is 12.8. The number of hydrogen-bond acceptors (Lipinski definition) is 4. The van der Waals surface area contributed by atoms with E-state index in [1.165, 1.54) is 0 Å². The molecule has 0 amide bonds. The molecule has 4 heteroatoms. The summed E-state index contributed by atoms with van der Waals surface area (Å²) in [5.41, 5.74) is 2.06. The van der Waals surface area contributed by atoms with E-state index in [9.17, 15) is 10.2 Å². The molecule has 2 aromatic carbocycles. The van der Waals surface area contributed by atoms with Gasteiger partial charge in [0.2, 0.25) is 0 Å². The summed E-state index contributed by atoms with van der Waals surface area (Å²) >= 11 is 0. The lowest BCUT2D eigenvalue weighted by atomic mass is 10.0. The van der Waals surface area contributed by atoms with Crippen molar-refractivity contribution in [3.05, 3.63) is 53.6 Å². The Kier molecular flexibility index (Phi) is 3.48. The average Bonchev–Trinajstić information content (AvgIpc) is 2.46. The summed E-state index contributed by atoms with van der Waals surface area (Å²) in [6.07, 6.45) is 0.772. The zero-order chi connectivity index (χ0) is 13.9. The molecule has 0 bridgehead atoms. The zero-order valence-electron chi connectivity index (χ0n) is 11.0. The summed E-state index contributed by atoms with van der Waals surface area (Å²) in [7, 11) is 0. The molecule has 2 N–H and O–H groups in total. The molecule has 0 aromatic heterocycles. The maximum atomic E-state index is 9.40. The van der Waals surface area contributed by atoms with Gasteiger partial charge in [0.15, 0.2) is 0 Å². The van der Waals surface area contributed by atoms with Crippen molar-refractivity contribution >= 4 is 0 Å². The Labute approximate surface area is 117 Å². The minimum absolute atomic E-state index is 0.000783. The standard InChI is InChI=1S/C16H16O4/c17-13-4-1-11(2-5-13)9-19-15-7-12-3-6-14(18)8-16(12)20-10-15/h1-6,8,15,17-18H,7,9-10H2/t15-/m1/s1. The van der Waals surface area contributed by atoms with Crippen LogP contribution in [0.2, 0.25) is 0 Å². The van der Waals surface area contributed by atoms with Crippen molar-refractivity contribution in [3.8, 4) is 17.2 Å². The fraction of sp³-hybridized carbons (Fsp3) is 0.250. The largest absolute Gasteiger partial charge is 0.508 e. The van der Waals surface area contributed by atoms with Crippen molar-refractivity contribution in [2.75, 3.05) is 6.61 Å². The van der Waals surface area contributed by atoms with Gasteiger partial charge in [0.25, 0.3) is 0 Å². The van der Waals surface area contributed by atoms with Gasteiger partial charge >= 0.3 is 0 Å². The van der Waals surface area contributed by atoms with E-state index >= 15 is 0 Å². The summed E-state index contributed by atoms with van der Waals surface area (Å²) < 4.78 is 11.4. The highest BCUT2D eigenvalue weighted by molar-refractivity contribution is 5.41. The van der Waals surface area contributed by atoms with Crippen molar-refractivity contribution < 1.29 is 19.7 Å². The molecule has 0 spiro atoms. The normalized spacial score (nSPS) is 17.3. The van der Waals surface area contributed by atoms with Crippen LogP contribution in [0.5, 0.6) is 17.2 Å². The molecule has 1 atom stereocenters. The molecule has 0 fully saturated rings. The van der Waals surface area contributed by atoms with Crippen LogP contribution in [0.3, 0.4) is 0 Å². The van der Waals surface area contributed by atoms with Crippen LogP contribution in [-0.2, 0) is 17.8 Å². The number of phenols is 2. The Morgan fingerprint density at radius 1 is 1.05 bits per heavy atom. The van der Waals surface area contributed by atoms with Gasteiger partial charge < -0.3 is 19.7 Å². The Bertz CT molecular complexity index is 592. The van der Waals surface area contributed by atoms with Crippen LogP contribution in [0.15, 0.2) is 42.5 Å². The topological polar surface area (TPSA) is 58.9 Å². The lowest BCUT2D eigenvalue weighted by Gasteiger charge is -2.25. The van der Waals surface area contributed by atoms with Gasteiger partial charge in [0, 0.05) is 12.5 Å². The third-order valence-corrected chi connectivity index (χ3v) is 3.35. The molecule has 0 aliphatic carbocycles. The predicted octanol–water partition coefficient (Wildman–Crippen LogP) is 2.62. The average molecular weight is 272 g/mol. The first-order valence-electron chi connectivity index (χ1n) is 6.55. The first-order chi connectivity index (χ1) is 9.70. The van der Waals surface area contributed by atoms with Gasteiger partial charge in [-0.2, -0.15) is 0 Å². The maximum absolute atomic E-state index is 9.40. The third-order valence-electron chi connectivity index (χ3n) is 3.35. The fourth-order valence-corrected chi connectivity index (χ4v) is 2.25. The smallest absolute Gasteiger partial charge is 0.126 e. The summed E-state index contributed by atoms with van der Waals surface area (Å²) in [5, 5.41) is 18.6. The fourth-order valence-electron chi connectivity index (χ4n) is 2.25. The summed E-state index contributed by atoms with van der Waals surface area (Å²) in [4.78, 5) is 0. The molecule has 1 aliphatic heterocycles. The molecular formula is C16H16O4. The van der Waals surface area contributed by atoms with Gasteiger partial charge in [-0.1, -0.05) is 18.2 Å². The highest BCUT2D eigenvalue weighted by Gasteiger charge is 2.20. The zero-order valence-corrected chi connectivity index (χ0v) is 11.0. The third kappa shape index (κ3) is 2.86. The Balaban J connectivity index is 1.60. The molecule has 3 rings (SSSR count). The first-order valence-corrected chi connectivity index (χ1v) is 6.55. The second kappa shape index (κ2) is 5.43. The van der Waals surface area contributed by atoms with E-state index in [-0.39, 0.29) is 17.6 Å². The number of aromatic hydroxyl groups is 2. The van der Waals surface area contributed by atoms with E-state index in [1.807, 2.05) is 18.2 Å². The van der Waals surface area contributed by atoms with Crippen LogP contribution in [0.1, 0.15) is 11.1 Å². The Morgan fingerprint density at radius 3 is 2.60 bits per heavy atom. The van der Waals surface area contributed by atoms with Crippen LogP contribution in [-0.4, -0.2) is 22.9 Å². The number of hydrogen-bond donors (Lipinski definition) is 2. The van der Waals surface area contributed by atoms with Gasteiger partial charge in [0.05, 0.1) is 12.7 Å². The van der Waals surface area contributed by atoms with Crippen molar-refractivity contribution in [2.45, 2.75) is 19.1 Å². The van der Waals surface area contributed by atoms with E-state index in [2.05, 4.69) is 0 Å². The number of fused-ring (bicyclic) bond motifs is 1. The van der Waals surface area contributed by atoms with Gasteiger partial charge in [-0.15, -0.1) is 0 Å².